The van der Waals surface area contributed by atoms with Crippen LogP contribution >= 0.6 is 0 Å². The van der Waals surface area contributed by atoms with Gasteiger partial charge in [-0.05, 0) is 116 Å². The van der Waals surface area contributed by atoms with Crippen LogP contribution in [0.5, 0.6) is 23.0 Å². The second-order valence-corrected chi connectivity index (χ2v) is 20.6. The molecule has 0 atom stereocenters. The molecule has 2 aliphatic heterocycles. The van der Waals surface area contributed by atoms with Crippen molar-refractivity contribution in [1.29, 1.82) is 0 Å². The molecule has 0 unspecified atom stereocenters. The fourth-order valence-corrected chi connectivity index (χ4v) is 13.8. The first-order chi connectivity index (χ1) is 38.2. The predicted molar refractivity (Wildman–Crippen MR) is 312 cm³/mol. The van der Waals surface area contributed by atoms with Crippen LogP contribution in [0.2, 0.25) is 0 Å². The standard InChI is InChI=1S/C74H47NO2/c1-2-22-48(23-3-1)51-24-6-15-35-66(51)75(67-36-16-7-25-52(67)49-42-44-56-54-27-4-9-29-58(54)73(64(56)46-49)60-31-11-18-38-69(60)76-70-39-19-12-32-61(70)73)68-37-17-8-26-53(68)50-43-45-57-55-28-5-10-30-59(55)74(65(57)47-50)62-33-13-20-40-71(62)77-72-41-21-14-34-63(72)74/h1-47H. The Morgan fingerprint density at radius 3 is 0.883 bits per heavy atom. The minimum absolute atomic E-state index is 0.607. The third kappa shape index (κ3) is 6.08. The van der Waals surface area contributed by atoms with Crippen LogP contribution in [0.3, 0.4) is 0 Å². The summed E-state index contributed by atoms with van der Waals surface area (Å²) in [5.74, 6) is 3.52. The lowest BCUT2D eigenvalue weighted by molar-refractivity contribution is 0.436. The van der Waals surface area contributed by atoms with Crippen molar-refractivity contribution in [1.82, 2.24) is 0 Å². The highest BCUT2D eigenvalue weighted by Crippen LogP contribution is 2.65. The van der Waals surface area contributed by atoms with Gasteiger partial charge in [0.05, 0.1) is 27.9 Å². The summed E-state index contributed by atoms with van der Waals surface area (Å²) in [4.78, 5) is 2.51. The van der Waals surface area contributed by atoms with Crippen LogP contribution in [0, 0.1) is 0 Å². The summed E-state index contributed by atoms with van der Waals surface area (Å²) in [7, 11) is 0. The summed E-state index contributed by atoms with van der Waals surface area (Å²) in [5, 5.41) is 0. The Kier molecular flexibility index (Phi) is 9.47. The average molecular weight is 982 g/mol. The maximum Gasteiger partial charge on any atom is 0.132 e. The van der Waals surface area contributed by atoms with E-state index in [0.717, 1.165) is 95.7 Å². The van der Waals surface area contributed by atoms with Crippen LogP contribution in [0.1, 0.15) is 44.5 Å². The van der Waals surface area contributed by atoms with E-state index in [1.165, 1.54) is 44.5 Å². The molecule has 16 rings (SSSR count). The van der Waals surface area contributed by atoms with Gasteiger partial charge in [-0.25, -0.2) is 0 Å². The monoisotopic (exact) mass is 981 g/mol. The molecule has 0 fully saturated rings. The van der Waals surface area contributed by atoms with E-state index in [0.29, 0.717) is 0 Å². The molecule has 0 radical (unpaired) electrons. The van der Waals surface area contributed by atoms with Crippen LogP contribution in [0.4, 0.5) is 17.1 Å². The number of ether oxygens (including phenoxy) is 2. The lowest BCUT2D eigenvalue weighted by Gasteiger charge is -2.39. The largest absolute Gasteiger partial charge is 0.457 e. The van der Waals surface area contributed by atoms with Crippen molar-refractivity contribution in [3.63, 3.8) is 0 Å². The first-order valence-corrected chi connectivity index (χ1v) is 26.6. The van der Waals surface area contributed by atoms with Crippen molar-refractivity contribution in [3.05, 3.63) is 330 Å². The molecular formula is C74H47NO2. The lowest BCUT2D eigenvalue weighted by Crippen LogP contribution is -2.32. The fraction of sp³-hybridized carbons (Fsp3) is 0.0270. The minimum Gasteiger partial charge on any atom is -0.457 e. The van der Waals surface area contributed by atoms with E-state index in [-0.39, 0.29) is 0 Å². The van der Waals surface area contributed by atoms with Gasteiger partial charge < -0.3 is 14.4 Å². The highest BCUT2D eigenvalue weighted by atomic mass is 16.5. The number of benzene rings is 12. The average Bonchev–Trinajstić information content (AvgIpc) is 4.17. The maximum absolute atomic E-state index is 6.75. The molecular weight excluding hydrogens is 935 g/mol. The van der Waals surface area contributed by atoms with E-state index in [1.54, 1.807) is 0 Å². The first-order valence-electron chi connectivity index (χ1n) is 26.6. The Hall–Kier alpha value is -9.96. The zero-order chi connectivity index (χ0) is 50.7. The van der Waals surface area contributed by atoms with Crippen LogP contribution in [-0.4, -0.2) is 0 Å². The van der Waals surface area contributed by atoms with Gasteiger partial charge in [-0.2, -0.15) is 0 Å². The first kappa shape index (κ1) is 43.4. The molecule has 3 nitrogen and oxygen atoms in total. The topological polar surface area (TPSA) is 21.7 Å². The number of para-hydroxylation sites is 7. The van der Waals surface area contributed by atoms with Gasteiger partial charge in [0.15, 0.2) is 0 Å². The summed E-state index contributed by atoms with van der Waals surface area (Å²) >= 11 is 0. The van der Waals surface area contributed by atoms with E-state index in [2.05, 4.69) is 290 Å². The predicted octanol–water partition coefficient (Wildman–Crippen LogP) is 19.1. The molecule has 0 saturated heterocycles. The van der Waals surface area contributed by atoms with Crippen LogP contribution in [0.25, 0.3) is 55.6 Å². The van der Waals surface area contributed by atoms with E-state index in [1.807, 2.05) is 0 Å². The van der Waals surface area contributed by atoms with E-state index in [9.17, 15) is 0 Å². The number of hydrogen-bond donors (Lipinski definition) is 0. The Morgan fingerprint density at radius 1 is 0.208 bits per heavy atom. The van der Waals surface area contributed by atoms with Crippen molar-refractivity contribution < 1.29 is 9.47 Å². The van der Waals surface area contributed by atoms with Gasteiger partial charge in [-0.15, -0.1) is 0 Å². The van der Waals surface area contributed by atoms with Crippen molar-refractivity contribution >= 4 is 17.1 Å². The number of hydrogen-bond acceptors (Lipinski definition) is 3. The summed E-state index contributed by atoms with van der Waals surface area (Å²) < 4.78 is 13.5. The maximum atomic E-state index is 6.75. The molecule has 0 aromatic heterocycles. The molecule has 0 saturated carbocycles. The lowest BCUT2D eigenvalue weighted by atomic mass is 9.66. The molecule has 0 bridgehead atoms. The number of anilines is 3. The molecule has 3 heteroatoms. The number of nitrogens with zero attached hydrogens (tertiary/aromatic N) is 1. The quantitative estimate of drug-likeness (QED) is 0.166. The Balaban J connectivity index is 0.937. The Labute approximate surface area is 448 Å². The van der Waals surface area contributed by atoms with Crippen molar-refractivity contribution in [3.8, 4) is 78.6 Å². The zero-order valence-electron chi connectivity index (χ0n) is 41.9. The van der Waals surface area contributed by atoms with E-state index >= 15 is 0 Å². The molecule has 0 amide bonds. The molecule has 0 N–H and O–H groups in total. The van der Waals surface area contributed by atoms with Gasteiger partial charge >= 0.3 is 0 Å². The van der Waals surface area contributed by atoms with Crippen molar-refractivity contribution in [2.24, 2.45) is 0 Å². The van der Waals surface area contributed by atoms with Gasteiger partial charge in [-0.1, -0.05) is 231 Å². The zero-order valence-corrected chi connectivity index (χ0v) is 41.9. The third-order valence-corrected chi connectivity index (χ3v) is 16.8. The SMILES string of the molecule is c1ccc(-c2ccccc2N(c2ccccc2-c2ccc3c(c2)C2(c4ccccc4Oc4ccccc42)c2ccccc2-3)c2ccccc2-c2ccc3c(c2)C2(c4ccccc4Oc4ccccc42)c2ccccc2-3)cc1. The van der Waals surface area contributed by atoms with Gasteiger partial charge in [-0.3, -0.25) is 0 Å². The molecule has 2 aliphatic carbocycles. The van der Waals surface area contributed by atoms with E-state index < -0.39 is 10.8 Å². The smallest absolute Gasteiger partial charge is 0.132 e. The molecule has 2 heterocycles. The summed E-state index contributed by atoms with van der Waals surface area (Å²) in [6.45, 7) is 0. The Bertz CT molecular complexity index is 4050. The summed E-state index contributed by atoms with van der Waals surface area (Å²) in [6.07, 6.45) is 0. The molecule has 4 aliphatic rings. The van der Waals surface area contributed by atoms with Gasteiger partial charge in [0, 0.05) is 38.9 Å². The van der Waals surface area contributed by atoms with Gasteiger partial charge in [0.25, 0.3) is 0 Å². The molecule has 12 aromatic rings. The van der Waals surface area contributed by atoms with E-state index in [4.69, 9.17) is 9.47 Å². The fourth-order valence-electron chi connectivity index (χ4n) is 13.8. The number of fused-ring (bicyclic) bond motifs is 18. The molecule has 12 aromatic carbocycles. The highest BCUT2D eigenvalue weighted by Gasteiger charge is 2.53. The minimum atomic E-state index is -0.607. The normalized spacial score (nSPS) is 13.9. The second kappa shape index (κ2) is 16.8. The van der Waals surface area contributed by atoms with Crippen molar-refractivity contribution in [2.75, 3.05) is 4.90 Å². The molecule has 2 spiro atoms. The highest BCUT2D eigenvalue weighted by molar-refractivity contribution is 6.00. The van der Waals surface area contributed by atoms with Crippen molar-refractivity contribution in [2.45, 2.75) is 10.8 Å². The molecule has 360 valence electrons. The van der Waals surface area contributed by atoms with Crippen LogP contribution < -0.4 is 14.4 Å². The molecule has 77 heavy (non-hydrogen) atoms. The second-order valence-electron chi connectivity index (χ2n) is 20.6. The number of rotatable bonds is 6. The Morgan fingerprint density at radius 2 is 0.494 bits per heavy atom. The summed E-state index contributed by atoms with van der Waals surface area (Å²) in [6, 6.07) is 104. The van der Waals surface area contributed by atoms with Crippen LogP contribution in [0.15, 0.2) is 285 Å². The third-order valence-electron chi connectivity index (χ3n) is 16.8. The van der Waals surface area contributed by atoms with Gasteiger partial charge in [0.2, 0.25) is 0 Å². The summed E-state index contributed by atoms with van der Waals surface area (Å²) in [5.41, 5.74) is 23.3. The van der Waals surface area contributed by atoms with Crippen LogP contribution in [-0.2, 0) is 10.8 Å². The van der Waals surface area contributed by atoms with Gasteiger partial charge in [0.1, 0.15) is 23.0 Å².